The lowest BCUT2D eigenvalue weighted by Gasteiger charge is -2.38. The SMILES string of the molecule is CCOC(=O)c1cccc(NC(=O)C2=C(C)C(=O)OC23CCN(S(=O)(=O)CC)CC3)c1. The fourth-order valence-corrected chi connectivity index (χ4v) is 5.02. The topological polar surface area (TPSA) is 119 Å². The molecular weight excluding hydrogens is 424 g/mol. The van der Waals surface area contributed by atoms with E-state index in [1.54, 1.807) is 32.0 Å². The van der Waals surface area contributed by atoms with Gasteiger partial charge in [0.05, 0.1) is 23.5 Å². The summed E-state index contributed by atoms with van der Waals surface area (Å²) in [7, 11) is -3.37. The van der Waals surface area contributed by atoms with Crippen LogP contribution in [0.3, 0.4) is 0 Å². The molecule has 0 saturated carbocycles. The molecule has 1 N–H and O–H groups in total. The zero-order valence-electron chi connectivity index (χ0n) is 17.8. The van der Waals surface area contributed by atoms with Crippen LogP contribution in [0.2, 0.25) is 0 Å². The molecule has 0 atom stereocenters. The highest BCUT2D eigenvalue weighted by Crippen LogP contribution is 2.42. The van der Waals surface area contributed by atoms with Gasteiger partial charge in [0.25, 0.3) is 5.91 Å². The lowest BCUT2D eigenvalue weighted by atomic mass is 9.83. The zero-order chi connectivity index (χ0) is 22.8. The summed E-state index contributed by atoms with van der Waals surface area (Å²) < 4.78 is 36.3. The Balaban J connectivity index is 1.82. The van der Waals surface area contributed by atoms with E-state index in [1.165, 1.54) is 17.3 Å². The Bertz CT molecular complexity index is 1040. The molecule has 2 aliphatic rings. The molecule has 0 radical (unpaired) electrons. The maximum Gasteiger partial charge on any atom is 0.338 e. The molecule has 1 fully saturated rings. The van der Waals surface area contributed by atoms with E-state index < -0.39 is 33.5 Å². The van der Waals surface area contributed by atoms with Crippen LogP contribution in [-0.4, -0.2) is 61.6 Å². The van der Waals surface area contributed by atoms with Gasteiger partial charge in [-0.2, -0.15) is 0 Å². The highest BCUT2D eigenvalue weighted by atomic mass is 32.2. The number of nitrogens with one attached hydrogen (secondary N) is 1. The normalized spacial score (nSPS) is 18.7. The van der Waals surface area contributed by atoms with Crippen LogP contribution in [0, 0.1) is 0 Å². The van der Waals surface area contributed by atoms with E-state index in [0.29, 0.717) is 5.69 Å². The van der Waals surface area contributed by atoms with Gasteiger partial charge < -0.3 is 14.8 Å². The van der Waals surface area contributed by atoms with E-state index in [4.69, 9.17) is 9.47 Å². The van der Waals surface area contributed by atoms with E-state index in [2.05, 4.69) is 5.32 Å². The van der Waals surface area contributed by atoms with Crippen LogP contribution >= 0.6 is 0 Å². The van der Waals surface area contributed by atoms with E-state index >= 15 is 0 Å². The van der Waals surface area contributed by atoms with Crippen molar-refractivity contribution in [2.45, 2.75) is 39.2 Å². The highest BCUT2D eigenvalue weighted by molar-refractivity contribution is 7.89. The second-order valence-corrected chi connectivity index (χ2v) is 9.70. The third-order valence-corrected chi connectivity index (χ3v) is 7.45. The first kappa shape index (κ1) is 23.0. The van der Waals surface area contributed by atoms with Crippen molar-refractivity contribution in [1.82, 2.24) is 4.31 Å². The molecule has 1 aromatic rings. The summed E-state index contributed by atoms with van der Waals surface area (Å²) >= 11 is 0. The second kappa shape index (κ2) is 8.80. The average molecular weight is 451 g/mol. The minimum Gasteiger partial charge on any atom is -0.462 e. The first-order chi connectivity index (χ1) is 14.6. The van der Waals surface area contributed by atoms with Crippen LogP contribution in [0.4, 0.5) is 5.69 Å². The van der Waals surface area contributed by atoms with Crippen molar-refractivity contribution >= 4 is 33.6 Å². The zero-order valence-corrected chi connectivity index (χ0v) is 18.6. The van der Waals surface area contributed by atoms with Gasteiger partial charge in [-0.25, -0.2) is 22.3 Å². The predicted molar refractivity (Wildman–Crippen MR) is 113 cm³/mol. The molecule has 0 unspecified atom stereocenters. The molecule has 2 aliphatic heterocycles. The predicted octanol–water partition coefficient (Wildman–Crippen LogP) is 1.86. The van der Waals surface area contributed by atoms with Crippen molar-refractivity contribution in [2.24, 2.45) is 0 Å². The third kappa shape index (κ3) is 4.49. The van der Waals surface area contributed by atoms with Crippen LogP contribution in [0.15, 0.2) is 35.4 Å². The Morgan fingerprint density at radius 1 is 1.23 bits per heavy atom. The monoisotopic (exact) mass is 450 g/mol. The summed E-state index contributed by atoms with van der Waals surface area (Å²) in [5.74, 6) is -1.62. The maximum absolute atomic E-state index is 13.1. The quantitative estimate of drug-likeness (QED) is 0.657. The Morgan fingerprint density at radius 3 is 2.52 bits per heavy atom. The maximum atomic E-state index is 13.1. The molecule has 9 nitrogen and oxygen atoms in total. The van der Waals surface area contributed by atoms with Crippen LogP contribution in [0.1, 0.15) is 44.0 Å². The van der Waals surface area contributed by atoms with Crippen molar-refractivity contribution in [3.05, 3.63) is 41.0 Å². The molecule has 0 aliphatic carbocycles. The van der Waals surface area contributed by atoms with Crippen molar-refractivity contribution in [1.29, 1.82) is 0 Å². The first-order valence-electron chi connectivity index (χ1n) is 10.1. The number of carbonyl (C=O) groups is 3. The second-order valence-electron chi connectivity index (χ2n) is 7.44. The highest BCUT2D eigenvalue weighted by Gasteiger charge is 2.51. The summed E-state index contributed by atoms with van der Waals surface area (Å²) in [6.07, 6.45) is 0.391. The van der Waals surface area contributed by atoms with E-state index in [0.717, 1.165) is 0 Å². The number of amides is 1. The number of esters is 2. The largest absolute Gasteiger partial charge is 0.462 e. The van der Waals surface area contributed by atoms with Crippen LogP contribution in [0.5, 0.6) is 0 Å². The van der Waals surface area contributed by atoms with Crippen molar-refractivity contribution in [2.75, 3.05) is 30.8 Å². The van der Waals surface area contributed by atoms with Gasteiger partial charge in [-0.15, -0.1) is 0 Å². The Labute approximate surface area is 181 Å². The number of anilines is 1. The fraction of sp³-hybridized carbons (Fsp3) is 0.476. The number of hydrogen-bond donors (Lipinski definition) is 1. The molecule has 1 aromatic carbocycles. The van der Waals surface area contributed by atoms with Gasteiger partial charge in [0.15, 0.2) is 0 Å². The molecule has 168 valence electrons. The van der Waals surface area contributed by atoms with E-state index in [9.17, 15) is 22.8 Å². The number of benzene rings is 1. The molecular formula is C21H26N2O7S. The van der Waals surface area contributed by atoms with Crippen molar-refractivity contribution in [3.8, 4) is 0 Å². The lowest BCUT2D eigenvalue weighted by molar-refractivity contribution is -0.149. The fourth-order valence-electron chi connectivity index (χ4n) is 3.92. The number of rotatable bonds is 6. The van der Waals surface area contributed by atoms with E-state index in [1.807, 2.05) is 0 Å². The third-order valence-electron chi connectivity index (χ3n) is 5.57. The molecule has 0 bridgehead atoms. The number of carbonyl (C=O) groups excluding carboxylic acids is 3. The summed E-state index contributed by atoms with van der Waals surface area (Å²) in [4.78, 5) is 37.4. The molecule has 0 aromatic heterocycles. The summed E-state index contributed by atoms with van der Waals surface area (Å²) in [6, 6.07) is 6.30. The molecule has 1 saturated heterocycles. The van der Waals surface area contributed by atoms with Gasteiger partial charge in [0, 0.05) is 37.2 Å². The van der Waals surface area contributed by atoms with Gasteiger partial charge in [-0.3, -0.25) is 4.79 Å². The smallest absolute Gasteiger partial charge is 0.338 e. The van der Waals surface area contributed by atoms with Gasteiger partial charge in [-0.1, -0.05) is 6.07 Å². The number of hydrogen-bond acceptors (Lipinski definition) is 7. The molecule has 10 heteroatoms. The number of piperidine rings is 1. The standard InChI is InChI=1S/C21H26N2O7S/c1-4-29-20(26)15-7-6-8-16(13-15)22-18(24)17-14(3)19(25)30-21(17)9-11-23(12-10-21)31(27,28)5-2/h6-8,13H,4-5,9-12H2,1-3H3,(H,22,24). The summed E-state index contributed by atoms with van der Waals surface area (Å²) in [5, 5.41) is 2.73. The first-order valence-corrected chi connectivity index (χ1v) is 11.8. The Morgan fingerprint density at radius 2 is 1.90 bits per heavy atom. The molecule has 1 spiro atoms. The minimum absolute atomic E-state index is 0.0151. The van der Waals surface area contributed by atoms with Crippen molar-refractivity contribution in [3.63, 3.8) is 0 Å². The molecule has 31 heavy (non-hydrogen) atoms. The summed E-state index contributed by atoms with van der Waals surface area (Å²) in [5.41, 5.74) is -0.101. The minimum atomic E-state index is -3.37. The Kier molecular flexibility index (Phi) is 6.51. The van der Waals surface area contributed by atoms with E-state index in [-0.39, 0.29) is 55.0 Å². The van der Waals surface area contributed by atoms with Gasteiger partial charge in [0.1, 0.15) is 5.60 Å². The van der Waals surface area contributed by atoms with Crippen molar-refractivity contribution < 1.29 is 32.3 Å². The molecule has 1 amide bonds. The summed E-state index contributed by atoms with van der Waals surface area (Å²) in [6.45, 7) is 5.34. The average Bonchev–Trinajstić information content (AvgIpc) is 2.98. The number of ether oxygens (including phenoxy) is 2. The Hall–Kier alpha value is -2.72. The van der Waals surface area contributed by atoms with Gasteiger partial charge in [-0.05, 0) is 39.0 Å². The van der Waals surface area contributed by atoms with Gasteiger partial charge >= 0.3 is 11.9 Å². The molecule has 2 heterocycles. The lowest BCUT2D eigenvalue weighted by Crippen LogP contribution is -2.49. The number of nitrogens with zero attached hydrogens (tertiary/aromatic N) is 1. The van der Waals surface area contributed by atoms with Crippen LogP contribution in [-0.2, 0) is 29.1 Å². The molecule has 3 rings (SSSR count). The van der Waals surface area contributed by atoms with Crippen LogP contribution < -0.4 is 5.32 Å². The van der Waals surface area contributed by atoms with Gasteiger partial charge in [0.2, 0.25) is 10.0 Å². The van der Waals surface area contributed by atoms with Crippen LogP contribution in [0.25, 0.3) is 0 Å². The number of sulfonamides is 1.